The summed E-state index contributed by atoms with van der Waals surface area (Å²) in [5.74, 6) is -0.673. The van der Waals surface area contributed by atoms with Crippen molar-refractivity contribution in [1.29, 1.82) is 0 Å². The highest BCUT2D eigenvalue weighted by atomic mass is 19.1. The Labute approximate surface area is 105 Å². The Morgan fingerprint density at radius 3 is 2.33 bits per heavy atom. The number of nitrogens with zero attached hydrogens (tertiary/aromatic N) is 1. The molecule has 0 amide bonds. The van der Waals surface area contributed by atoms with Gasteiger partial charge in [-0.15, -0.1) is 0 Å². The topological polar surface area (TPSA) is 75.4 Å². The van der Waals surface area contributed by atoms with Gasteiger partial charge >= 0.3 is 0 Å². The lowest BCUT2D eigenvalue weighted by molar-refractivity contribution is -0.384. The number of benzene rings is 1. The summed E-state index contributed by atoms with van der Waals surface area (Å²) in [4.78, 5) is 10.2. The summed E-state index contributed by atoms with van der Waals surface area (Å²) in [5, 5.41) is 23.7. The van der Waals surface area contributed by atoms with Crippen molar-refractivity contribution in [1.82, 2.24) is 0 Å². The van der Waals surface area contributed by atoms with Crippen molar-refractivity contribution in [2.24, 2.45) is 0 Å². The van der Waals surface area contributed by atoms with Crippen LogP contribution < -0.4 is 5.32 Å². The highest BCUT2D eigenvalue weighted by molar-refractivity contribution is 5.62. The fraction of sp³-hybridized carbons (Fsp3) is 0.500. The summed E-state index contributed by atoms with van der Waals surface area (Å²) >= 11 is 0. The molecular formula is C12H17FN2O3. The Morgan fingerprint density at radius 1 is 1.33 bits per heavy atom. The van der Waals surface area contributed by atoms with Gasteiger partial charge in [0.05, 0.1) is 22.1 Å². The highest BCUT2D eigenvalue weighted by Gasteiger charge is 2.36. The predicted octanol–water partition coefficient (Wildman–Crippen LogP) is 2.70. The average Bonchev–Trinajstić information content (AvgIpc) is 2.18. The monoisotopic (exact) mass is 256 g/mol. The van der Waals surface area contributed by atoms with E-state index in [1.54, 1.807) is 27.7 Å². The number of hydrogen-bond acceptors (Lipinski definition) is 4. The van der Waals surface area contributed by atoms with Crippen LogP contribution in [0.1, 0.15) is 27.7 Å². The molecular weight excluding hydrogens is 239 g/mol. The molecule has 0 saturated heterocycles. The molecule has 0 aliphatic rings. The standard InChI is InChI=1S/C12H17FN2O3/c1-11(2,12(3,4)16)14-9-6-5-8(13)7-10(9)15(17)18/h5-7,14,16H,1-4H3. The van der Waals surface area contributed by atoms with Crippen LogP contribution in [0.3, 0.4) is 0 Å². The van der Waals surface area contributed by atoms with Crippen molar-refractivity contribution in [3.05, 3.63) is 34.1 Å². The van der Waals surface area contributed by atoms with Gasteiger partial charge in [-0.3, -0.25) is 10.1 Å². The molecule has 0 spiro atoms. The summed E-state index contributed by atoms with van der Waals surface area (Å²) in [6, 6.07) is 3.28. The van der Waals surface area contributed by atoms with Gasteiger partial charge in [0, 0.05) is 0 Å². The molecule has 0 heterocycles. The lowest BCUT2D eigenvalue weighted by Crippen LogP contribution is -2.51. The van der Waals surface area contributed by atoms with E-state index >= 15 is 0 Å². The number of nitro groups is 1. The minimum atomic E-state index is -1.10. The Hall–Kier alpha value is -1.69. The third kappa shape index (κ3) is 2.95. The molecule has 0 saturated carbocycles. The molecule has 1 aromatic carbocycles. The first-order valence-electron chi connectivity index (χ1n) is 5.49. The van der Waals surface area contributed by atoms with E-state index in [1.807, 2.05) is 0 Å². The lowest BCUT2D eigenvalue weighted by atomic mass is 9.85. The first-order valence-corrected chi connectivity index (χ1v) is 5.49. The van der Waals surface area contributed by atoms with Gasteiger partial charge in [0.1, 0.15) is 11.5 Å². The molecule has 0 radical (unpaired) electrons. The molecule has 5 nitrogen and oxygen atoms in total. The summed E-state index contributed by atoms with van der Waals surface area (Å²) in [6.45, 7) is 6.60. The fourth-order valence-electron chi connectivity index (χ4n) is 1.25. The number of nitro benzene ring substituents is 1. The summed E-state index contributed by atoms with van der Waals surface area (Å²) < 4.78 is 13.0. The van der Waals surface area contributed by atoms with Gasteiger partial charge in [-0.2, -0.15) is 0 Å². The average molecular weight is 256 g/mol. The van der Waals surface area contributed by atoms with Crippen molar-refractivity contribution in [2.75, 3.05) is 5.32 Å². The summed E-state index contributed by atoms with van der Waals surface area (Å²) in [5.41, 5.74) is -2.09. The predicted molar refractivity (Wildman–Crippen MR) is 67.1 cm³/mol. The van der Waals surface area contributed by atoms with E-state index in [0.29, 0.717) is 0 Å². The van der Waals surface area contributed by atoms with Crippen LogP contribution in [-0.2, 0) is 0 Å². The zero-order chi connectivity index (χ0) is 14.1. The molecule has 0 aromatic heterocycles. The van der Waals surface area contributed by atoms with E-state index in [1.165, 1.54) is 6.07 Å². The number of anilines is 1. The second-order valence-electron chi connectivity index (χ2n) is 5.23. The summed E-state index contributed by atoms with van der Waals surface area (Å²) in [6.07, 6.45) is 0. The molecule has 1 aromatic rings. The van der Waals surface area contributed by atoms with Gasteiger partial charge in [0.15, 0.2) is 0 Å². The SMILES string of the molecule is CC(C)(O)C(C)(C)Nc1ccc(F)cc1[N+](=O)[O-]. The van der Waals surface area contributed by atoms with Crippen LogP contribution in [0.4, 0.5) is 15.8 Å². The van der Waals surface area contributed by atoms with Crippen molar-refractivity contribution >= 4 is 11.4 Å². The fourth-order valence-corrected chi connectivity index (χ4v) is 1.25. The molecule has 0 atom stereocenters. The number of rotatable bonds is 4. The molecule has 1 rings (SSSR count). The third-order valence-electron chi connectivity index (χ3n) is 3.13. The molecule has 2 N–H and O–H groups in total. The third-order valence-corrected chi connectivity index (χ3v) is 3.13. The van der Waals surface area contributed by atoms with Crippen LogP contribution in [0.15, 0.2) is 18.2 Å². The maximum absolute atomic E-state index is 13.0. The molecule has 0 bridgehead atoms. The molecule has 0 fully saturated rings. The second-order valence-corrected chi connectivity index (χ2v) is 5.23. The van der Waals surface area contributed by atoms with Crippen molar-refractivity contribution in [2.45, 2.75) is 38.8 Å². The lowest BCUT2D eigenvalue weighted by Gasteiger charge is -2.38. The molecule has 6 heteroatoms. The van der Waals surface area contributed by atoms with Gasteiger partial charge < -0.3 is 10.4 Å². The molecule has 0 aliphatic carbocycles. The van der Waals surface area contributed by atoms with Crippen molar-refractivity contribution in [3.63, 3.8) is 0 Å². The maximum Gasteiger partial charge on any atom is 0.295 e. The van der Waals surface area contributed by atoms with Gasteiger partial charge in [-0.25, -0.2) is 4.39 Å². The Morgan fingerprint density at radius 2 is 1.89 bits per heavy atom. The van der Waals surface area contributed by atoms with E-state index in [2.05, 4.69) is 5.32 Å². The van der Waals surface area contributed by atoms with Gasteiger partial charge in [0.2, 0.25) is 0 Å². The number of aliphatic hydroxyl groups is 1. The normalized spacial score (nSPS) is 12.3. The molecule has 0 aliphatic heterocycles. The van der Waals surface area contributed by atoms with Gasteiger partial charge in [0.25, 0.3) is 5.69 Å². The van der Waals surface area contributed by atoms with E-state index in [0.717, 1.165) is 12.1 Å². The number of nitrogens with one attached hydrogen (secondary N) is 1. The quantitative estimate of drug-likeness (QED) is 0.641. The van der Waals surface area contributed by atoms with Crippen molar-refractivity contribution < 1.29 is 14.4 Å². The first kappa shape index (κ1) is 14.4. The van der Waals surface area contributed by atoms with Gasteiger partial charge in [-0.05, 0) is 39.8 Å². The van der Waals surface area contributed by atoms with E-state index in [4.69, 9.17) is 0 Å². The largest absolute Gasteiger partial charge is 0.388 e. The first-order chi connectivity index (χ1) is 8.04. The van der Waals surface area contributed by atoms with Crippen LogP contribution in [0.2, 0.25) is 0 Å². The number of hydrogen-bond donors (Lipinski definition) is 2. The minimum absolute atomic E-state index is 0.175. The van der Waals surface area contributed by atoms with E-state index < -0.39 is 21.9 Å². The van der Waals surface area contributed by atoms with E-state index in [-0.39, 0.29) is 11.4 Å². The Balaban J connectivity index is 3.16. The van der Waals surface area contributed by atoms with Gasteiger partial charge in [-0.1, -0.05) is 0 Å². The van der Waals surface area contributed by atoms with E-state index in [9.17, 15) is 19.6 Å². The van der Waals surface area contributed by atoms with Crippen LogP contribution >= 0.6 is 0 Å². The zero-order valence-corrected chi connectivity index (χ0v) is 10.8. The Bertz CT molecular complexity index is 467. The molecule has 0 unspecified atom stereocenters. The smallest absolute Gasteiger partial charge is 0.295 e. The maximum atomic E-state index is 13.0. The second kappa shape index (κ2) is 4.53. The molecule has 18 heavy (non-hydrogen) atoms. The van der Waals surface area contributed by atoms with Crippen LogP contribution in [-0.4, -0.2) is 21.2 Å². The minimum Gasteiger partial charge on any atom is -0.388 e. The van der Waals surface area contributed by atoms with Crippen LogP contribution in [0, 0.1) is 15.9 Å². The highest BCUT2D eigenvalue weighted by Crippen LogP contribution is 2.31. The van der Waals surface area contributed by atoms with Crippen molar-refractivity contribution in [3.8, 4) is 0 Å². The Kier molecular flexibility index (Phi) is 3.62. The summed E-state index contributed by atoms with van der Waals surface area (Å²) in [7, 11) is 0. The van der Waals surface area contributed by atoms with Crippen LogP contribution in [0.5, 0.6) is 0 Å². The zero-order valence-electron chi connectivity index (χ0n) is 10.8. The number of halogens is 1. The molecule has 100 valence electrons. The van der Waals surface area contributed by atoms with Crippen LogP contribution in [0.25, 0.3) is 0 Å².